The lowest BCUT2D eigenvalue weighted by atomic mass is 10.0. The summed E-state index contributed by atoms with van der Waals surface area (Å²) in [4.78, 5) is 28.3. The van der Waals surface area contributed by atoms with E-state index in [2.05, 4.69) is 29.6 Å². The van der Waals surface area contributed by atoms with Gasteiger partial charge in [0.05, 0.1) is 19.0 Å². The molecule has 0 aliphatic heterocycles. The molecule has 0 fully saturated rings. The Morgan fingerprint density at radius 1 is 0.778 bits per heavy atom. The van der Waals surface area contributed by atoms with Gasteiger partial charge in [-0.2, -0.15) is 0 Å². The van der Waals surface area contributed by atoms with Gasteiger partial charge in [-0.3, -0.25) is 9.59 Å². The van der Waals surface area contributed by atoms with Crippen LogP contribution in [0.3, 0.4) is 0 Å². The quantitative estimate of drug-likeness (QED) is 0.313. The van der Waals surface area contributed by atoms with E-state index in [0.717, 1.165) is 27.9 Å². The molecule has 4 aromatic carbocycles. The molecule has 1 unspecified atom stereocenters. The Hall–Kier alpha value is -4.18. The molecule has 0 spiro atoms. The van der Waals surface area contributed by atoms with Crippen LogP contribution in [0.25, 0.3) is 0 Å². The number of hydrogen-bond acceptors (Lipinski definition) is 2. The minimum atomic E-state index is -0.0810. The summed E-state index contributed by atoms with van der Waals surface area (Å²) in [6.45, 7) is 6.42. The molecule has 2 amide bonds. The van der Waals surface area contributed by atoms with E-state index < -0.39 is 0 Å². The standard InChI is InChI=1S/C32H32N2O2/c1-23-16-18-26(19-17-23)22-34(32(36)30-15-8-7-10-24(30)2)29-14-9-11-27(20-29)21-31(35)33-25(3)28-12-5-4-6-13-28/h4-20,25H,21-22H2,1-3H3,(H,33,35). The summed E-state index contributed by atoms with van der Waals surface area (Å²) in [6.07, 6.45) is 0.238. The van der Waals surface area contributed by atoms with Crippen LogP contribution in [0.15, 0.2) is 103 Å². The van der Waals surface area contributed by atoms with Gasteiger partial charge in [-0.15, -0.1) is 0 Å². The molecule has 0 aliphatic carbocycles. The lowest BCUT2D eigenvalue weighted by molar-refractivity contribution is -0.121. The molecule has 0 radical (unpaired) electrons. The monoisotopic (exact) mass is 476 g/mol. The van der Waals surface area contributed by atoms with Crippen LogP contribution in [0.1, 0.15) is 51.1 Å². The van der Waals surface area contributed by atoms with Gasteiger partial charge in [-0.1, -0.05) is 90.5 Å². The predicted octanol–water partition coefficient (Wildman–Crippen LogP) is 6.57. The normalized spacial score (nSPS) is 11.5. The van der Waals surface area contributed by atoms with E-state index in [1.54, 1.807) is 4.90 Å². The van der Waals surface area contributed by atoms with Crippen molar-refractivity contribution in [3.63, 3.8) is 0 Å². The maximum atomic E-state index is 13.7. The molecule has 0 heterocycles. The van der Waals surface area contributed by atoms with E-state index in [4.69, 9.17) is 0 Å². The summed E-state index contributed by atoms with van der Waals surface area (Å²) in [6, 6.07) is 33.4. The van der Waals surface area contributed by atoms with Crippen molar-refractivity contribution in [3.8, 4) is 0 Å². The van der Waals surface area contributed by atoms with Gasteiger partial charge in [0.1, 0.15) is 0 Å². The van der Waals surface area contributed by atoms with Crippen LogP contribution in [0.2, 0.25) is 0 Å². The summed E-state index contributed by atoms with van der Waals surface area (Å²) in [7, 11) is 0. The van der Waals surface area contributed by atoms with Gasteiger partial charge in [0.2, 0.25) is 5.91 Å². The molecular weight excluding hydrogens is 444 g/mol. The zero-order valence-corrected chi connectivity index (χ0v) is 21.1. The molecule has 0 aromatic heterocycles. The molecule has 1 atom stereocenters. The van der Waals surface area contributed by atoms with Gasteiger partial charge in [-0.05, 0) is 61.2 Å². The average Bonchev–Trinajstić information content (AvgIpc) is 2.89. The summed E-state index contributed by atoms with van der Waals surface area (Å²) < 4.78 is 0. The fraction of sp³-hybridized carbons (Fsp3) is 0.188. The van der Waals surface area contributed by atoms with E-state index in [9.17, 15) is 9.59 Å². The first kappa shape index (κ1) is 24.9. The maximum Gasteiger partial charge on any atom is 0.258 e. The van der Waals surface area contributed by atoms with E-state index >= 15 is 0 Å². The number of hydrogen-bond donors (Lipinski definition) is 1. The number of anilines is 1. The highest BCUT2D eigenvalue weighted by atomic mass is 16.2. The fourth-order valence-corrected chi connectivity index (χ4v) is 4.25. The van der Waals surface area contributed by atoms with Crippen LogP contribution in [-0.4, -0.2) is 11.8 Å². The number of carbonyl (C=O) groups is 2. The summed E-state index contributed by atoms with van der Waals surface area (Å²) in [5.41, 5.74) is 6.51. The first-order valence-electron chi connectivity index (χ1n) is 12.3. The third-order valence-electron chi connectivity index (χ3n) is 6.35. The highest BCUT2D eigenvalue weighted by molar-refractivity contribution is 6.07. The van der Waals surface area contributed by atoms with Crippen molar-refractivity contribution in [1.29, 1.82) is 0 Å². The van der Waals surface area contributed by atoms with Gasteiger partial charge in [0.15, 0.2) is 0 Å². The summed E-state index contributed by atoms with van der Waals surface area (Å²) in [5, 5.41) is 3.08. The topological polar surface area (TPSA) is 49.4 Å². The van der Waals surface area contributed by atoms with Gasteiger partial charge in [-0.25, -0.2) is 0 Å². The highest BCUT2D eigenvalue weighted by Gasteiger charge is 2.20. The molecule has 0 saturated heterocycles. The molecule has 4 rings (SSSR count). The van der Waals surface area contributed by atoms with Crippen molar-refractivity contribution >= 4 is 17.5 Å². The fourth-order valence-electron chi connectivity index (χ4n) is 4.25. The summed E-state index contributed by atoms with van der Waals surface area (Å²) >= 11 is 0. The number of rotatable bonds is 8. The SMILES string of the molecule is Cc1ccc(CN(C(=O)c2ccccc2C)c2cccc(CC(=O)NC(C)c3ccccc3)c2)cc1. The average molecular weight is 477 g/mol. The van der Waals surface area contributed by atoms with Crippen LogP contribution in [-0.2, 0) is 17.8 Å². The Morgan fingerprint density at radius 2 is 1.47 bits per heavy atom. The van der Waals surface area contributed by atoms with Crippen molar-refractivity contribution in [3.05, 3.63) is 137 Å². The molecular formula is C32H32N2O2. The zero-order chi connectivity index (χ0) is 25.5. The molecule has 4 heteroatoms. The molecule has 182 valence electrons. The van der Waals surface area contributed by atoms with Crippen molar-refractivity contribution in [1.82, 2.24) is 5.32 Å². The molecule has 4 nitrogen and oxygen atoms in total. The molecule has 1 N–H and O–H groups in total. The van der Waals surface area contributed by atoms with E-state index in [1.165, 1.54) is 5.56 Å². The van der Waals surface area contributed by atoms with Crippen molar-refractivity contribution < 1.29 is 9.59 Å². The van der Waals surface area contributed by atoms with E-state index in [0.29, 0.717) is 12.1 Å². The van der Waals surface area contributed by atoms with Crippen LogP contribution in [0.4, 0.5) is 5.69 Å². The largest absolute Gasteiger partial charge is 0.349 e. The second-order valence-electron chi connectivity index (χ2n) is 9.24. The number of nitrogens with one attached hydrogen (secondary N) is 1. The van der Waals surface area contributed by atoms with Gasteiger partial charge in [0, 0.05) is 11.3 Å². The number of nitrogens with zero attached hydrogens (tertiary/aromatic N) is 1. The van der Waals surface area contributed by atoms with Crippen LogP contribution < -0.4 is 10.2 Å². The first-order chi connectivity index (χ1) is 17.4. The lowest BCUT2D eigenvalue weighted by Crippen LogP contribution is -2.31. The van der Waals surface area contributed by atoms with E-state index in [1.807, 2.05) is 99.6 Å². The Kier molecular flexibility index (Phi) is 7.96. The van der Waals surface area contributed by atoms with E-state index in [-0.39, 0.29) is 24.3 Å². The minimum absolute atomic E-state index is 0.0567. The molecule has 0 bridgehead atoms. The third-order valence-corrected chi connectivity index (χ3v) is 6.35. The molecule has 4 aromatic rings. The third kappa shape index (κ3) is 6.28. The Bertz CT molecular complexity index is 1330. The Morgan fingerprint density at radius 3 is 2.19 bits per heavy atom. The lowest BCUT2D eigenvalue weighted by Gasteiger charge is -2.25. The Balaban J connectivity index is 1.57. The van der Waals surface area contributed by atoms with Gasteiger partial charge >= 0.3 is 0 Å². The minimum Gasteiger partial charge on any atom is -0.349 e. The predicted molar refractivity (Wildman–Crippen MR) is 146 cm³/mol. The van der Waals surface area contributed by atoms with Crippen LogP contribution in [0.5, 0.6) is 0 Å². The maximum absolute atomic E-state index is 13.7. The van der Waals surface area contributed by atoms with Crippen molar-refractivity contribution in [2.75, 3.05) is 4.90 Å². The number of amides is 2. The van der Waals surface area contributed by atoms with Crippen molar-refractivity contribution in [2.45, 2.75) is 39.8 Å². The Labute approximate surface area is 213 Å². The second-order valence-corrected chi connectivity index (χ2v) is 9.24. The van der Waals surface area contributed by atoms with Gasteiger partial charge in [0.25, 0.3) is 5.91 Å². The molecule has 36 heavy (non-hydrogen) atoms. The smallest absolute Gasteiger partial charge is 0.258 e. The number of aryl methyl sites for hydroxylation is 2. The first-order valence-corrected chi connectivity index (χ1v) is 12.3. The van der Waals surface area contributed by atoms with Crippen LogP contribution in [0, 0.1) is 13.8 Å². The molecule has 0 saturated carbocycles. The van der Waals surface area contributed by atoms with Crippen molar-refractivity contribution in [2.24, 2.45) is 0 Å². The number of carbonyl (C=O) groups excluding carboxylic acids is 2. The summed E-state index contributed by atoms with van der Waals surface area (Å²) in [5.74, 6) is -0.119. The highest BCUT2D eigenvalue weighted by Crippen LogP contribution is 2.24. The second kappa shape index (κ2) is 11.5. The molecule has 0 aliphatic rings. The zero-order valence-electron chi connectivity index (χ0n) is 21.1. The number of benzene rings is 4. The van der Waals surface area contributed by atoms with Gasteiger partial charge < -0.3 is 10.2 Å². The van der Waals surface area contributed by atoms with Crippen LogP contribution >= 0.6 is 0 Å².